The van der Waals surface area contributed by atoms with E-state index >= 15 is 0 Å². The van der Waals surface area contributed by atoms with Gasteiger partial charge in [0.05, 0.1) is 39.3 Å². The van der Waals surface area contributed by atoms with E-state index in [9.17, 15) is 21.0 Å². The number of hydrogen-bond donors (Lipinski definition) is 0. The van der Waals surface area contributed by atoms with Crippen molar-refractivity contribution in [2.75, 3.05) is 14.7 Å². The molecule has 4 aliphatic heterocycles. The molecule has 0 fully saturated rings. The minimum atomic E-state index is -0.420. The van der Waals surface area contributed by atoms with Gasteiger partial charge in [-0.15, -0.1) is 0 Å². The highest BCUT2D eigenvalue weighted by atomic mass is 16.5. The van der Waals surface area contributed by atoms with Gasteiger partial charge < -0.3 is 19.4 Å². The number of rotatable bonds is 3. The first-order valence-electron chi connectivity index (χ1n) is 20.2. The lowest BCUT2D eigenvalue weighted by Gasteiger charge is -2.46. The number of benzene rings is 8. The first kappa shape index (κ1) is 35.0. The Bertz CT molecular complexity index is 3420. The lowest BCUT2D eigenvalue weighted by Crippen LogP contribution is -2.64. The van der Waals surface area contributed by atoms with Crippen LogP contribution in [-0.4, -0.2) is 13.4 Å². The number of anilines is 9. The number of para-hydroxylation sites is 5. The Hall–Kier alpha value is -8.95. The minimum Gasteiger partial charge on any atom is -0.457 e. The van der Waals surface area contributed by atoms with Gasteiger partial charge in [-0.25, -0.2) is 0 Å². The first-order chi connectivity index (χ1) is 30.6. The van der Waals surface area contributed by atoms with Crippen LogP contribution in [0.15, 0.2) is 164 Å². The smallest absolute Gasteiger partial charge is 0.256 e. The molecule has 62 heavy (non-hydrogen) atoms. The van der Waals surface area contributed by atoms with Crippen molar-refractivity contribution >= 4 is 97.4 Å². The van der Waals surface area contributed by atoms with Crippen LogP contribution in [0, 0.1) is 45.3 Å². The van der Waals surface area contributed by atoms with Crippen LogP contribution < -0.4 is 52.2 Å². The molecule has 0 bridgehead atoms. The third-order valence-corrected chi connectivity index (χ3v) is 12.6. The summed E-state index contributed by atoms with van der Waals surface area (Å²) >= 11 is 0. The molecule has 0 radical (unpaired) electrons. The van der Waals surface area contributed by atoms with E-state index < -0.39 is 13.4 Å². The Morgan fingerprint density at radius 3 is 1.26 bits per heavy atom. The summed E-state index contributed by atoms with van der Waals surface area (Å²) in [6, 6.07) is 63.9. The quantitative estimate of drug-likeness (QED) is 0.168. The number of ether oxygens (including phenoxy) is 1. The third kappa shape index (κ3) is 4.69. The zero-order valence-corrected chi connectivity index (χ0v) is 32.8. The molecule has 8 aromatic carbocycles. The van der Waals surface area contributed by atoms with Crippen molar-refractivity contribution in [3.05, 3.63) is 186 Å². The topological polar surface area (TPSA) is 114 Å². The van der Waals surface area contributed by atoms with Gasteiger partial charge in [-0.3, -0.25) is 0 Å². The Kier molecular flexibility index (Phi) is 7.51. The predicted molar refractivity (Wildman–Crippen MR) is 245 cm³/mol. The van der Waals surface area contributed by atoms with Gasteiger partial charge in [0.2, 0.25) is 0 Å². The second-order valence-corrected chi connectivity index (χ2v) is 15.6. The molecule has 10 heteroatoms. The molecule has 0 saturated carbocycles. The SMILES string of the molecule is N#Cc1cc(C#N)c2c3c1Oc1cc4c(cc1B3c1ccccc1N2c1ccccc1)B1c2ccccc2N(c2ccccc2)c2c(C#N)cc(C#N)c(c21)N4c1ccccc1. The van der Waals surface area contributed by atoms with E-state index in [2.05, 4.69) is 75.4 Å². The summed E-state index contributed by atoms with van der Waals surface area (Å²) in [4.78, 5) is 6.39. The summed E-state index contributed by atoms with van der Waals surface area (Å²) in [6.07, 6.45) is 0. The van der Waals surface area contributed by atoms with Crippen LogP contribution in [0.5, 0.6) is 11.5 Å². The van der Waals surface area contributed by atoms with Crippen LogP contribution in [0.4, 0.5) is 51.2 Å². The van der Waals surface area contributed by atoms with E-state index in [0.717, 1.165) is 72.6 Å². The van der Waals surface area contributed by atoms with E-state index in [0.29, 0.717) is 39.6 Å². The summed E-state index contributed by atoms with van der Waals surface area (Å²) in [5.41, 5.74) is 14.3. The van der Waals surface area contributed by atoms with E-state index in [1.165, 1.54) is 0 Å². The summed E-state index contributed by atoms with van der Waals surface area (Å²) in [5.74, 6) is 0.986. The van der Waals surface area contributed by atoms with Crippen molar-refractivity contribution in [1.29, 1.82) is 21.0 Å². The molecule has 0 atom stereocenters. The van der Waals surface area contributed by atoms with Crippen molar-refractivity contribution in [3.63, 3.8) is 0 Å². The average Bonchev–Trinajstić information content (AvgIpc) is 3.34. The lowest BCUT2D eigenvalue weighted by atomic mass is 9.30. The monoisotopic (exact) mass is 787 g/mol. The maximum atomic E-state index is 11.0. The molecule has 0 spiro atoms. The maximum Gasteiger partial charge on any atom is 0.256 e. The van der Waals surface area contributed by atoms with Gasteiger partial charge in [0.1, 0.15) is 35.8 Å². The molecule has 0 aromatic heterocycles. The Morgan fingerprint density at radius 1 is 0.371 bits per heavy atom. The van der Waals surface area contributed by atoms with Crippen LogP contribution in [0.3, 0.4) is 0 Å². The third-order valence-electron chi connectivity index (χ3n) is 12.6. The van der Waals surface area contributed by atoms with Crippen molar-refractivity contribution in [2.45, 2.75) is 0 Å². The molecule has 4 heterocycles. The molecular formula is C52H27B2N7O. The summed E-state index contributed by atoms with van der Waals surface area (Å²) in [6.45, 7) is -0.825. The standard InChI is InChI=1S/C52H27B2N7O/c55-28-32-24-33(29-56)50-47-49(32)59(36-14-4-1-5-15-36)43-22-12-10-20-39(43)53(47)41-26-42-46(27-45(41)61(50)38-18-8-3-9-19-38)62-52-35(31-58)25-34(30-57)51-48(52)54(42)40-21-11-13-23-44(40)60(51)37-16-6-2-7-17-37/h1-27H. The molecule has 4 aliphatic rings. The van der Waals surface area contributed by atoms with Gasteiger partial charge in [-0.1, -0.05) is 97.1 Å². The van der Waals surface area contributed by atoms with Gasteiger partial charge in [-0.05, 0) is 93.4 Å². The molecule has 282 valence electrons. The van der Waals surface area contributed by atoms with E-state index in [-0.39, 0.29) is 5.56 Å². The van der Waals surface area contributed by atoms with Crippen molar-refractivity contribution < 1.29 is 4.74 Å². The van der Waals surface area contributed by atoms with Gasteiger partial charge >= 0.3 is 0 Å². The molecule has 8 aromatic rings. The molecule has 0 amide bonds. The van der Waals surface area contributed by atoms with Gasteiger partial charge in [-0.2, -0.15) is 21.0 Å². The molecule has 0 unspecified atom stereocenters. The zero-order valence-electron chi connectivity index (χ0n) is 32.8. The lowest BCUT2D eigenvalue weighted by molar-refractivity contribution is 0.486. The molecule has 8 nitrogen and oxygen atoms in total. The Morgan fingerprint density at radius 2 is 0.774 bits per heavy atom. The van der Waals surface area contributed by atoms with Gasteiger partial charge in [0, 0.05) is 40.2 Å². The van der Waals surface area contributed by atoms with Crippen molar-refractivity contribution in [1.82, 2.24) is 0 Å². The first-order valence-corrected chi connectivity index (χ1v) is 20.2. The Balaban J connectivity index is 1.21. The Labute approximate surface area is 358 Å². The van der Waals surface area contributed by atoms with Crippen LogP contribution in [0.1, 0.15) is 22.3 Å². The summed E-state index contributed by atoms with van der Waals surface area (Å²) in [5, 5.41) is 43.4. The summed E-state index contributed by atoms with van der Waals surface area (Å²) < 4.78 is 7.03. The van der Waals surface area contributed by atoms with E-state index in [1.807, 2.05) is 115 Å². The second kappa shape index (κ2) is 13.3. The molecule has 0 N–H and O–H groups in total. The van der Waals surface area contributed by atoms with Crippen molar-refractivity contribution in [2.24, 2.45) is 0 Å². The maximum absolute atomic E-state index is 11.0. The fraction of sp³-hybridized carbons (Fsp3) is 0. The molecule has 0 saturated heterocycles. The number of hydrogen-bond acceptors (Lipinski definition) is 8. The highest BCUT2D eigenvalue weighted by molar-refractivity contribution is 7.02. The summed E-state index contributed by atoms with van der Waals surface area (Å²) in [7, 11) is 0. The molecule has 12 rings (SSSR count). The predicted octanol–water partition coefficient (Wildman–Crippen LogP) is 7.66. The van der Waals surface area contributed by atoms with Crippen LogP contribution >= 0.6 is 0 Å². The van der Waals surface area contributed by atoms with Gasteiger partial charge in [0.15, 0.2) is 0 Å². The van der Waals surface area contributed by atoms with E-state index in [1.54, 1.807) is 12.1 Å². The van der Waals surface area contributed by atoms with Crippen LogP contribution in [0.25, 0.3) is 0 Å². The van der Waals surface area contributed by atoms with Gasteiger partial charge in [0.25, 0.3) is 13.4 Å². The van der Waals surface area contributed by atoms with Crippen molar-refractivity contribution in [3.8, 4) is 35.8 Å². The van der Waals surface area contributed by atoms with E-state index in [4.69, 9.17) is 4.74 Å². The second-order valence-electron chi connectivity index (χ2n) is 15.6. The minimum absolute atomic E-state index is 0.272. The fourth-order valence-electron chi connectivity index (χ4n) is 10.2. The fourth-order valence-corrected chi connectivity index (χ4v) is 10.2. The highest BCUT2D eigenvalue weighted by Gasteiger charge is 2.49. The van der Waals surface area contributed by atoms with Crippen LogP contribution in [-0.2, 0) is 0 Å². The highest BCUT2D eigenvalue weighted by Crippen LogP contribution is 2.49. The van der Waals surface area contributed by atoms with Crippen LogP contribution in [0.2, 0.25) is 0 Å². The zero-order chi connectivity index (χ0) is 41.6. The largest absolute Gasteiger partial charge is 0.457 e. The number of fused-ring (bicyclic) bond motifs is 8. The molecule has 0 aliphatic carbocycles. The number of nitrogens with zero attached hydrogens (tertiary/aromatic N) is 7. The normalized spacial score (nSPS) is 13.1. The molecular weight excluding hydrogens is 760 g/mol. The number of nitriles is 4. The average molecular weight is 787 g/mol.